The van der Waals surface area contributed by atoms with Gasteiger partial charge in [-0.1, -0.05) is 30.3 Å². The SMILES string of the molecule is O=C(Nc1ccc(C(=O)ONc2ccccc2)cc1O)Nc1ccccc1Br. The first-order valence-corrected chi connectivity index (χ1v) is 9.00. The van der Waals surface area contributed by atoms with E-state index >= 15 is 0 Å². The number of rotatable bonds is 5. The summed E-state index contributed by atoms with van der Waals surface area (Å²) in [6.07, 6.45) is 0. The van der Waals surface area contributed by atoms with E-state index in [1.54, 1.807) is 42.5 Å². The molecule has 0 aromatic heterocycles. The molecule has 142 valence electrons. The maximum absolute atomic E-state index is 12.1. The molecule has 28 heavy (non-hydrogen) atoms. The van der Waals surface area contributed by atoms with Crippen molar-refractivity contribution in [3.8, 4) is 5.75 Å². The quantitative estimate of drug-likeness (QED) is 0.330. The number of carbonyl (C=O) groups is 2. The normalized spacial score (nSPS) is 10.0. The Morgan fingerprint density at radius 3 is 2.25 bits per heavy atom. The predicted molar refractivity (Wildman–Crippen MR) is 110 cm³/mol. The Balaban J connectivity index is 1.61. The summed E-state index contributed by atoms with van der Waals surface area (Å²) in [5.74, 6) is -0.945. The van der Waals surface area contributed by atoms with Crippen LogP contribution >= 0.6 is 15.9 Å². The summed E-state index contributed by atoms with van der Waals surface area (Å²) in [7, 11) is 0. The van der Waals surface area contributed by atoms with Crippen LogP contribution in [0, 0.1) is 0 Å². The third-order valence-electron chi connectivity index (χ3n) is 3.64. The smallest absolute Gasteiger partial charge is 0.362 e. The van der Waals surface area contributed by atoms with Gasteiger partial charge in [0.2, 0.25) is 0 Å². The first-order valence-electron chi connectivity index (χ1n) is 8.21. The van der Waals surface area contributed by atoms with Crippen molar-refractivity contribution < 1.29 is 19.5 Å². The average Bonchev–Trinajstić information content (AvgIpc) is 2.70. The molecule has 0 spiro atoms. The van der Waals surface area contributed by atoms with Crippen LogP contribution in [-0.4, -0.2) is 17.1 Å². The summed E-state index contributed by atoms with van der Waals surface area (Å²) < 4.78 is 0.721. The lowest BCUT2D eigenvalue weighted by Gasteiger charge is -2.11. The van der Waals surface area contributed by atoms with E-state index < -0.39 is 12.0 Å². The number of hydrogen-bond donors (Lipinski definition) is 4. The van der Waals surface area contributed by atoms with Gasteiger partial charge in [-0.25, -0.2) is 15.1 Å². The number of phenols is 1. The number of halogens is 1. The Morgan fingerprint density at radius 1 is 0.857 bits per heavy atom. The van der Waals surface area contributed by atoms with E-state index in [-0.39, 0.29) is 17.0 Å². The number of aromatic hydroxyl groups is 1. The minimum atomic E-state index is -0.677. The fraction of sp³-hybridized carbons (Fsp3) is 0. The highest BCUT2D eigenvalue weighted by Gasteiger charge is 2.13. The minimum absolute atomic E-state index is 0.123. The van der Waals surface area contributed by atoms with E-state index in [1.165, 1.54) is 18.2 Å². The lowest BCUT2D eigenvalue weighted by molar-refractivity contribution is 0.0596. The van der Waals surface area contributed by atoms with Crippen LogP contribution in [-0.2, 0) is 4.84 Å². The molecule has 0 bridgehead atoms. The van der Waals surface area contributed by atoms with Gasteiger partial charge in [0.25, 0.3) is 0 Å². The highest BCUT2D eigenvalue weighted by atomic mass is 79.9. The number of nitrogens with one attached hydrogen (secondary N) is 3. The summed E-state index contributed by atoms with van der Waals surface area (Å²) in [5.41, 5.74) is 3.99. The molecule has 0 fully saturated rings. The van der Waals surface area contributed by atoms with E-state index in [0.29, 0.717) is 11.4 Å². The fourth-order valence-electron chi connectivity index (χ4n) is 2.27. The molecule has 0 aliphatic rings. The van der Waals surface area contributed by atoms with Gasteiger partial charge in [0.1, 0.15) is 5.75 Å². The van der Waals surface area contributed by atoms with Gasteiger partial charge in [-0.2, -0.15) is 0 Å². The standard InChI is InChI=1S/C20H16BrN3O4/c21-15-8-4-5-9-16(15)22-20(27)23-17-11-10-13(12-18(17)25)19(26)28-24-14-6-2-1-3-7-14/h1-12,24-25H,(H2,22,23,27). The highest BCUT2D eigenvalue weighted by Crippen LogP contribution is 2.26. The topological polar surface area (TPSA) is 99.7 Å². The Bertz CT molecular complexity index is 996. The lowest BCUT2D eigenvalue weighted by atomic mass is 10.2. The van der Waals surface area contributed by atoms with Crippen molar-refractivity contribution in [3.63, 3.8) is 0 Å². The predicted octanol–water partition coefficient (Wildman–Crippen LogP) is 4.98. The summed E-state index contributed by atoms with van der Waals surface area (Å²) in [6, 6.07) is 19.5. The highest BCUT2D eigenvalue weighted by molar-refractivity contribution is 9.10. The maximum Gasteiger partial charge on any atom is 0.362 e. The molecule has 0 saturated carbocycles. The van der Waals surface area contributed by atoms with E-state index in [1.807, 2.05) is 12.1 Å². The van der Waals surface area contributed by atoms with Crippen LogP contribution in [0.15, 0.2) is 77.3 Å². The van der Waals surface area contributed by atoms with E-state index in [2.05, 4.69) is 32.0 Å². The lowest BCUT2D eigenvalue weighted by Crippen LogP contribution is -2.20. The number of phenolic OH excluding ortho intramolecular Hbond substituents is 1. The van der Waals surface area contributed by atoms with Gasteiger partial charge in [-0.3, -0.25) is 0 Å². The maximum atomic E-state index is 12.1. The van der Waals surface area contributed by atoms with Gasteiger partial charge in [0.05, 0.1) is 22.6 Å². The first-order chi connectivity index (χ1) is 13.5. The molecule has 0 aliphatic heterocycles. The van der Waals surface area contributed by atoms with E-state index in [4.69, 9.17) is 4.84 Å². The number of amides is 2. The molecule has 7 nitrogen and oxygen atoms in total. The fourth-order valence-corrected chi connectivity index (χ4v) is 2.66. The van der Waals surface area contributed by atoms with Crippen molar-refractivity contribution in [1.82, 2.24) is 0 Å². The van der Waals surface area contributed by atoms with Gasteiger partial charge in [0.15, 0.2) is 0 Å². The molecule has 8 heteroatoms. The van der Waals surface area contributed by atoms with Gasteiger partial charge in [-0.05, 0) is 58.4 Å². The van der Waals surface area contributed by atoms with Crippen molar-refractivity contribution in [1.29, 1.82) is 0 Å². The third kappa shape index (κ3) is 5.01. The number of anilines is 3. The zero-order valence-corrected chi connectivity index (χ0v) is 16.1. The molecule has 2 amide bonds. The van der Waals surface area contributed by atoms with Crippen LogP contribution in [0.3, 0.4) is 0 Å². The van der Waals surface area contributed by atoms with Crippen LogP contribution in [0.2, 0.25) is 0 Å². The number of carbonyl (C=O) groups excluding carboxylic acids is 2. The average molecular weight is 442 g/mol. The van der Waals surface area contributed by atoms with Crippen molar-refractivity contribution in [2.75, 3.05) is 16.1 Å². The molecule has 3 aromatic carbocycles. The zero-order valence-electron chi connectivity index (χ0n) is 14.5. The number of benzene rings is 3. The van der Waals surface area contributed by atoms with E-state index in [0.717, 1.165) is 4.47 Å². The zero-order chi connectivity index (χ0) is 19.9. The van der Waals surface area contributed by atoms with Crippen LogP contribution in [0.4, 0.5) is 21.9 Å². The van der Waals surface area contributed by atoms with Gasteiger partial charge in [-0.15, -0.1) is 0 Å². The Labute approximate surface area is 169 Å². The van der Waals surface area contributed by atoms with Gasteiger partial charge in [0, 0.05) is 4.47 Å². The van der Waals surface area contributed by atoms with Crippen LogP contribution < -0.4 is 16.1 Å². The molecule has 0 atom stereocenters. The van der Waals surface area contributed by atoms with Crippen molar-refractivity contribution >= 4 is 45.0 Å². The van der Waals surface area contributed by atoms with Crippen molar-refractivity contribution in [2.24, 2.45) is 0 Å². The molecule has 0 heterocycles. The van der Waals surface area contributed by atoms with Crippen LogP contribution in [0.1, 0.15) is 10.4 Å². The number of urea groups is 1. The molecule has 3 aromatic rings. The van der Waals surface area contributed by atoms with Crippen molar-refractivity contribution in [3.05, 3.63) is 82.8 Å². The molecule has 0 saturated heterocycles. The largest absolute Gasteiger partial charge is 0.506 e. The van der Waals surface area contributed by atoms with Crippen LogP contribution in [0.5, 0.6) is 5.75 Å². The Hall–Kier alpha value is -3.52. The summed E-state index contributed by atoms with van der Waals surface area (Å²) in [6.45, 7) is 0. The van der Waals surface area contributed by atoms with Gasteiger partial charge >= 0.3 is 12.0 Å². The Morgan fingerprint density at radius 2 is 1.54 bits per heavy atom. The summed E-state index contributed by atoms with van der Waals surface area (Å²) in [4.78, 5) is 29.2. The van der Waals surface area contributed by atoms with E-state index in [9.17, 15) is 14.7 Å². The molecule has 0 radical (unpaired) electrons. The van der Waals surface area contributed by atoms with Crippen molar-refractivity contribution in [2.45, 2.75) is 0 Å². The molecule has 0 aliphatic carbocycles. The molecule has 3 rings (SSSR count). The molecular weight excluding hydrogens is 426 g/mol. The second-order valence-corrected chi connectivity index (χ2v) is 6.50. The molecular formula is C20H16BrN3O4. The minimum Gasteiger partial charge on any atom is -0.506 e. The summed E-state index contributed by atoms with van der Waals surface area (Å²) in [5, 5.41) is 15.3. The third-order valence-corrected chi connectivity index (χ3v) is 4.33. The number of hydrogen-bond acceptors (Lipinski definition) is 5. The number of para-hydroxylation sites is 2. The summed E-state index contributed by atoms with van der Waals surface area (Å²) >= 11 is 3.33. The monoisotopic (exact) mass is 441 g/mol. The van der Waals surface area contributed by atoms with Gasteiger partial charge < -0.3 is 20.6 Å². The second kappa shape index (κ2) is 8.92. The second-order valence-electron chi connectivity index (χ2n) is 5.65. The first kappa shape index (κ1) is 19.2. The van der Waals surface area contributed by atoms with Crippen LogP contribution in [0.25, 0.3) is 0 Å². The molecule has 4 N–H and O–H groups in total. The Kier molecular flexibility index (Phi) is 6.13. The molecule has 0 unspecified atom stereocenters.